The monoisotopic (exact) mass is 489 g/mol. The van der Waals surface area contributed by atoms with Gasteiger partial charge in [0.25, 0.3) is 11.8 Å². The highest BCUT2D eigenvalue weighted by molar-refractivity contribution is 6.31. The van der Waals surface area contributed by atoms with Crippen molar-refractivity contribution in [2.45, 2.75) is 13.3 Å². The highest BCUT2D eigenvalue weighted by Crippen LogP contribution is 2.28. The summed E-state index contributed by atoms with van der Waals surface area (Å²) in [5.41, 5.74) is 4.02. The fraction of sp³-hybridized carbons (Fsp3) is 0.304. The smallest absolute Gasteiger partial charge is 0.311 e. The molecule has 3 rings (SSSR count). The van der Waals surface area contributed by atoms with E-state index in [1.807, 2.05) is 0 Å². The first-order valence-corrected chi connectivity index (χ1v) is 10.7. The van der Waals surface area contributed by atoms with Crippen LogP contribution in [0.1, 0.15) is 22.3 Å². The third-order valence-corrected chi connectivity index (χ3v) is 5.39. The third-order valence-electron chi connectivity index (χ3n) is 5.16. The van der Waals surface area contributed by atoms with Gasteiger partial charge in [-0.1, -0.05) is 17.7 Å². The number of aryl methyl sites for hydroxylation is 1. The van der Waals surface area contributed by atoms with Crippen molar-refractivity contribution < 1.29 is 33.4 Å². The molecule has 0 saturated carbocycles. The minimum absolute atomic E-state index is 0.0777. The van der Waals surface area contributed by atoms with E-state index in [0.29, 0.717) is 22.2 Å². The van der Waals surface area contributed by atoms with Gasteiger partial charge in [0.15, 0.2) is 18.1 Å². The van der Waals surface area contributed by atoms with E-state index in [9.17, 15) is 19.2 Å². The van der Waals surface area contributed by atoms with Crippen molar-refractivity contribution in [1.82, 2.24) is 10.4 Å². The molecule has 1 saturated heterocycles. The Morgan fingerprint density at radius 3 is 2.53 bits per heavy atom. The van der Waals surface area contributed by atoms with Crippen LogP contribution < -0.4 is 20.2 Å². The van der Waals surface area contributed by atoms with Gasteiger partial charge >= 0.3 is 5.97 Å². The first-order valence-electron chi connectivity index (χ1n) is 10.3. The SMILES string of the molecule is COc1ccc(C(=O)NN2C[C@@H](C(=O)OCC(=O)Nc3cc(Cl)ccc3C)CC2=O)cc1OC. The molecule has 1 aliphatic rings. The van der Waals surface area contributed by atoms with Gasteiger partial charge < -0.3 is 19.5 Å². The molecule has 34 heavy (non-hydrogen) atoms. The molecule has 2 aromatic rings. The number of ether oxygens (including phenoxy) is 3. The van der Waals surface area contributed by atoms with Gasteiger partial charge in [-0.2, -0.15) is 0 Å². The van der Waals surface area contributed by atoms with Crippen molar-refractivity contribution in [3.05, 3.63) is 52.5 Å². The van der Waals surface area contributed by atoms with Crippen LogP contribution in [-0.4, -0.2) is 56.1 Å². The largest absolute Gasteiger partial charge is 0.493 e. The van der Waals surface area contributed by atoms with Gasteiger partial charge in [-0.3, -0.25) is 29.6 Å². The van der Waals surface area contributed by atoms with Crippen LogP contribution in [0.5, 0.6) is 11.5 Å². The average molecular weight is 490 g/mol. The summed E-state index contributed by atoms with van der Waals surface area (Å²) in [5, 5.41) is 4.13. The van der Waals surface area contributed by atoms with Crippen LogP contribution >= 0.6 is 11.6 Å². The van der Waals surface area contributed by atoms with Crippen LogP contribution in [0.25, 0.3) is 0 Å². The van der Waals surface area contributed by atoms with Crippen LogP contribution in [-0.2, 0) is 19.1 Å². The zero-order valence-corrected chi connectivity index (χ0v) is 19.6. The molecule has 0 bridgehead atoms. The van der Waals surface area contributed by atoms with Crippen LogP contribution in [0.4, 0.5) is 5.69 Å². The van der Waals surface area contributed by atoms with E-state index in [1.54, 1.807) is 31.2 Å². The Morgan fingerprint density at radius 2 is 1.82 bits per heavy atom. The predicted octanol–water partition coefficient (Wildman–Crippen LogP) is 2.34. The van der Waals surface area contributed by atoms with Crippen LogP contribution in [0.2, 0.25) is 5.02 Å². The predicted molar refractivity (Wildman–Crippen MR) is 123 cm³/mol. The lowest BCUT2D eigenvalue weighted by Gasteiger charge is -2.18. The Balaban J connectivity index is 1.52. The second-order valence-electron chi connectivity index (χ2n) is 7.53. The third kappa shape index (κ3) is 5.96. The molecule has 2 N–H and O–H groups in total. The van der Waals surface area contributed by atoms with E-state index in [4.69, 9.17) is 25.8 Å². The fourth-order valence-corrected chi connectivity index (χ4v) is 3.48. The van der Waals surface area contributed by atoms with Gasteiger partial charge in [0, 0.05) is 22.7 Å². The summed E-state index contributed by atoms with van der Waals surface area (Å²) in [7, 11) is 2.91. The van der Waals surface area contributed by atoms with Gasteiger partial charge in [0.05, 0.1) is 26.7 Å². The van der Waals surface area contributed by atoms with Gasteiger partial charge in [-0.05, 0) is 42.8 Å². The highest BCUT2D eigenvalue weighted by atomic mass is 35.5. The molecular formula is C23H24ClN3O7. The van der Waals surface area contributed by atoms with Gasteiger partial charge in [0.1, 0.15) is 0 Å². The Morgan fingerprint density at radius 1 is 1.09 bits per heavy atom. The molecule has 0 aromatic heterocycles. The first kappa shape index (κ1) is 24.8. The van der Waals surface area contributed by atoms with E-state index in [0.717, 1.165) is 10.6 Å². The second kappa shape index (κ2) is 10.9. The summed E-state index contributed by atoms with van der Waals surface area (Å²) in [4.78, 5) is 49.4. The molecule has 11 heteroatoms. The lowest BCUT2D eigenvalue weighted by molar-refractivity contribution is -0.151. The molecule has 1 atom stereocenters. The molecule has 2 aromatic carbocycles. The van der Waals surface area contributed by atoms with Crippen molar-refractivity contribution in [2.75, 3.05) is 32.7 Å². The molecule has 1 aliphatic heterocycles. The zero-order valence-electron chi connectivity index (χ0n) is 18.8. The summed E-state index contributed by atoms with van der Waals surface area (Å²) >= 11 is 5.93. The maximum absolute atomic E-state index is 12.6. The molecule has 0 aliphatic carbocycles. The number of hydrazine groups is 1. The summed E-state index contributed by atoms with van der Waals surface area (Å²) in [6.45, 7) is 1.20. The number of esters is 1. The lowest BCUT2D eigenvalue weighted by Crippen LogP contribution is -2.43. The Hall–Kier alpha value is -3.79. The molecule has 1 fully saturated rings. The van der Waals surface area contributed by atoms with E-state index in [2.05, 4.69) is 10.7 Å². The number of anilines is 1. The summed E-state index contributed by atoms with van der Waals surface area (Å²) in [6.07, 6.45) is -0.153. The number of rotatable bonds is 8. The van der Waals surface area contributed by atoms with Gasteiger partial charge in [-0.25, -0.2) is 0 Å². The summed E-state index contributed by atoms with van der Waals surface area (Å²) in [5.74, 6) is -2.27. The maximum Gasteiger partial charge on any atom is 0.311 e. The number of halogens is 1. The lowest BCUT2D eigenvalue weighted by atomic mass is 10.1. The summed E-state index contributed by atoms with van der Waals surface area (Å²) in [6, 6.07) is 9.59. The minimum Gasteiger partial charge on any atom is -0.493 e. The topological polar surface area (TPSA) is 123 Å². The van der Waals surface area contributed by atoms with Crippen molar-refractivity contribution in [3.63, 3.8) is 0 Å². The van der Waals surface area contributed by atoms with E-state index >= 15 is 0 Å². The van der Waals surface area contributed by atoms with Crippen molar-refractivity contribution >= 4 is 41.0 Å². The number of nitrogens with zero attached hydrogens (tertiary/aromatic N) is 1. The maximum atomic E-state index is 12.6. The van der Waals surface area contributed by atoms with E-state index < -0.39 is 36.2 Å². The number of amides is 3. The Labute approximate surface area is 201 Å². The van der Waals surface area contributed by atoms with Gasteiger partial charge in [0.2, 0.25) is 5.91 Å². The molecule has 0 unspecified atom stereocenters. The number of benzene rings is 2. The normalized spacial score (nSPS) is 15.0. The number of hydrogen-bond acceptors (Lipinski definition) is 7. The Kier molecular flexibility index (Phi) is 7.95. The number of nitrogens with one attached hydrogen (secondary N) is 2. The molecule has 3 amide bonds. The standard InChI is InChI=1S/C23H24ClN3O7/c1-13-4-6-16(24)10-17(13)25-20(28)12-34-23(31)15-9-21(29)27(11-15)26-22(30)14-5-7-18(32-2)19(8-14)33-3/h4-8,10,15H,9,11-12H2,1-3H3,(H,25,28)(H,26,30)/t15-/m0/s1. The fourth-order valence-electron chi connectivity index (χ4n) is 3.31. The second-order valence-corrected chi connectivity index (χ2v) is 7.97. The molecule has 0 radical (unpaired) electrons. The van der Waals surface area contributed by atoms with E-state index in [-0.39, 0.29) is 18.5 Å². The zero-order chi connectivity index (χ0) is 24.8. The van der Waals surface area contributed by atoms with Crippen LogP contribution in [0, 0.1) is 12.8 Å². The molecular weight excluding hydrogens is 466 g/mol. The number of methoxy groups -OCH3 is 2. The minimum atomic E-state index is -0.820. The number of carbonyl (C=O) groups excluding carboxylic acids is 4. The van der Waals surface area contributed by atoms with Crippen molar-refractivity contribution in [2.24, 2.45) is 5.92 Å². The molecule has 180 valence electrons. The Bertz CT molecular complexity index is 1120. The van der Waals surface area contributed by atoms with E-state index in [1.165, 1.54) is 26.4 Å². The van der Waals surface area contributed by atoms with Crippen LogP contribution in [0.15, 0.2) is 36.4 Å². The first-order chi connectivity index (χ1) is 16.2. The quantitative estimate of drug-likeness (QED) is 0.545. The average Bonchev–Trinajstić information content (AvgIpc) is 3.19. The molecule has 10 nitrogen and oxygen atoms in total. The number of carbonyl (C=O) groups is 4. The number of hydrogen-bond donors (Lipinski definition) is 2. The van der Waals surface area contributed by atoms with Crippen LogP contribution in [0.3, 0.4) is 0 Å². The summed E-state index contributed by atoms with van der Waals surface area (Å²) < 4.78 is 15.4. The molecule has 1 heterocycles. The van der Waals surface area contributed by atoms with Crippen molar-refractivity contribution in [1.29, 1.82) is 0 Å². The highest BCUT2D eigenvalue weighted by Gasteiger charge is 2.36. The van der Waals surface area contributed by atoms with Crippen molar-refractivity contribution in [3.8, 4) is 11.5 Å². The molecule has 0 spiro atoms. The van der Waals surface area contributed by atoms with Gasteiger partial charge in [-0.15, -0.1) is 0 Å².